The van der Waals surface area contributed by atoms with Gasteiger partial charge in [0.15, 0.2) is 0 Å². The molecular formula is C16H17Cl2N3O. The minimum absolute atomic E-state index is 0.142. The van der Waals surface area contributed by atoms with Gasteiger partial charge in [-0.25, -0.2) is 4.98 Å². The van der Waals surface area contributed by atoms with Gasteiger partial charge in [-0.3, -0.25) is 4.79 Å². The van der Waals surface area contributed by atoms with E-state index in [1.54, 1.807) is 4.90 Å². The Morgan fingerprint density at radius 3 is 2.73 bits per heavy atom. The summed E-state index contributed by atoms with van der Waals surface area (Å²) in [5.41, 5.74) is 2.06. The lowest BCUT2D eigenvalue weighted by molar-refractivity contribution is -0.126. The van der Waals surface area contributed by atoms with Crippen molar-refractivity contribution in [1.29, 1.82) is 0 Å². The molecule has 116 valence electrons. The smallest absolute Gasteiger partial charge is 0.223 e. The summed E-state index contributed by atoms with van der Waals surface area (Å²) in [5, 5.41) is 0. The fraction of sp³-hybridized carbons (Fsp3) is 0.500. The topological polar surface area (TPSA) is 38.1 Å². The first kappa shape index (κ1) is 14.3. The van der Waals surface area contributed by atoms with Crippen molar-refractivity contribution in [3.63, 3.8) is 0 Å². The molecule has 22 heavy (non-hydrogen) atoms. The zero-order valence-corrected chi connectivity index (χ0v) is 13.8. The molecule has 2 atom stereocenters. The predicted molar refractivity (Wildman–Crippen MR) is 87.3 cm³/mol. The molecule has 2 aromatic rings. The number of carbonyl (C=O) groups excluding carboxylic acids is 1. The number of likely N-dealkylation sites (N-methyl/N-ethyl adjacent to an activating group) is 1. The fourth-order valence-electron chi connectivity index (χ4n) is 3.32. The number of carbonyl (C=O) groups is 1. The van der Waals surface area contributed by atoms with Crippen LogP contribution in [0.1, 0.15) is 24.6 Å². The van der Waals surface area contributed by atoms with E-state index in [1.165, 1.54) is 0 Å². The Morgan fingerprint density at radius 1 is 1.36 bits per heavy atom. The lowest BCUT2D eigenvalue weighted by Crippen LogP contribution is -2.19. The summed E-state index contributed by atoms with van der Waals surface area (Å²) in [6.45, 7) is 1.48. The van der Waals surface area contributed by atoms with Gasteiger partial charge in [0, 0.05) is 38.4 Å². The van der Waals surface area contributed by atoms with Crippen LogP contribution in [0.5, 0.6) is 0 Å². The molecular weight excluding hydrogens is 321 g/mol. The Kier molecular flexibility index (Phi) is 3.17. The third-order valence-corrected chi connectivity index (χ3v) is 5.67. The number of amides is 1. The SMILES string of the molecule is CN1C[C@H](c2nc3ccccc3n2C[C@H]2CC2(Cl)Cl)CC1=O. The average molecular weight is 338 g/mol. The maximum atomic E-state index is 11.9. The molecule has 0 unspecified atom stereocenters. The molecule has 1 aliphatic carbocycles. The van der Waals surface area contributed by atoms with E-state index < -0.39 is 4.33 Å². The zero-order valence-electron chi connectivity index (χ0n) is 12.3. The van der Waals surface area contributed by atoms with E-state index in [-0.39, 0.29) is 17.7 Å². The highest BCUT2D eigenvalue weighted by molar-refractivity contribution is 6.50. The second-order valence-electron chi connectivity index (χ2n) is 6.41. The molecule has 4 nitrogen and oxygen atoms in total. The molecule has 0 bridgehead atoms. The normalized spacial score (nSPS) is 26.9. The van der Waals surface area contributed by atoms with Crippen LogP contribution in [0.25, 0.3) is 11.0 Å². The van der Waals surface area contributed by atoms with Crippen LogP contribution in [0, 0.1) is 5.92 Å². The van der Waals surface area contributed by atoms with Crippen LogP contribution in [0.15, 0.2) is 24.3 Å². The van der Waals surface area contributed by atoms with Crippen LogP contribution >= 0.6 is 23.2 Å². The van der Waals surface area contributed by atoms with E-state index in [0.717, 1.165) is 36.4 Å². The maximum Gasteiger partial charge on any atom is 0.223 e. The number of aromatic nitrogens is 2. The largest absolute Gasteiger partial charge is 0.345 e. The van der Waals surface area contributed by atoms with Gasteiger partial charge in [0.2, 0.25) is 5.91 Å². The number of hydrogen-bond acceptors (Lipinski definition) is 2. The molecule has 0 N–H and O–H groups in total. The second kappa shape index (κ2) is 4.87. The summed E-state index contributed by atoms with van der Waals surface area (Å²) in [4.78, 5) is 18.4. The molecule has 1 saturated heterocycles. The Balaban J connectivity index is 1.75. The van der Waals surface area contributed by atoms with Gasteiger partial charge in [-0.1, -0.05) is 12.1 Å². The number of nitrogens with zero attached hydrogens (tertiary/aromatic N) is 3. The van der Waals surface area contributed by atoms with Crippen molar-refractivity contribution in [2.45, 2.75) is 29.6 Å². The number of para-hydroxylation sites is 2. The van der Waals surface area contributed by atoms with Crippen molar-refractivity contribution in [2.24, 2.45) is 5.92 Å². The molecule has 2 fully saturated rings. The average Bonchev–Trinajstić information content (AvgIpc) is 2.81. The molecule has 1 aliphatic heterocycles. The van der Waals surface area contributed by atoms with Crippen molar-refractivity contribution in [2.75, 3.05) is 13.6 Å². The molecule has 2 aliphatic rings. The van der Waals surface area contributed by atoms with Crippen LogP contribution in [-0.2, 0) is 11.3 Å². The molecule has 4 rings (SSSR count). The summed E-state index contributed by atoms with van der Waals surface area (Å²) in [6.07, 6.45) is 1.34. The third kappa shape index (κ3) is 2.29. The first-order valence-corrected chi connectivity index (χ1v) is 8.28. The first-order valence-electron chi connectivity index (χ1n) is 7.52. The number of hydrogen-bond donors (Lipinski definition) is 0. The van der Waals surface area contributed by atoms with Crippen LogP contribution in [0.3, 0.4) is 0 Å². The van der Waals surface area contributed by atoms with Gasteiger partial charge in [0.05, 0.1) is 11.0 Å². The molecule has 1 aromatic carbocycles. The predicted octanol–water partition coefficient (Wildman–Crippen LogP) is 3.18. The highest BCUT2D eigenvalue weighted by Crippen LogP contribution is 2.54. The van der Waals surface area contributed by atoms with E-state index in [9.17, 15) is 4.79 Å². The lowest BCUT2D eigenvalue weighted by Gasteiger charge is -2.14. The number of halogens is 2. The maximum absolute atomic E-state index is 11.9. The van der Waals surface area contributed by atoms with Crippen molar-refractivity contribution in [3.05, 3.63) is 30.1 Å². The summed E-state index contributed by atoms with van der Waals surface area (Å²) >= 11 is 12.4. The fourth-order valence-corrected chi connectivity index (χ4v) is 3.83. The minimum Gasteiger partial charge on any atom is -0.345 e. The van der Waals surface area contributed by atoms with Crippen LogP contribution in [-0.4, -0.2) is 38.3 Å². The number of rotatable bonds is 3. The van der Waals surface area contributed by atoms with E-state index in [1.807, 2.05) is 25.2 Å². The summed E-state index contributed by atoms with van der Waals surface area (Å²) < 4.78 is 1.61. The van der Waals surface area contributed by atoms with E-state index in [2.05, 4.69) is 10.6 Å². The van der Waals surface area contributed by atoms with Crippen LogP contribution in [0.4, 0.5) is 0 Å². The van der Waals surface area contributed by atoms with Gasteiger partial charge in [-0.05, 0) is 18.6 Å². The molecule has 0 spiro atoms. The number of benzene rings is 1. The standard InChI is InChI=1S/C16H17Cl2N3O/c1-20-8-10(6-14(20)22)15-19-12-4-2-3-5-13(12)21(15)9-11-7-16(11,17)18/h2-5,10-11H,6-9H2,1H3/t10-,11-/m1/s1. The monoisotopic (exact) mass is 337 g/mol. The van der Waals surface area contributed by atoms with Gasteiger partial charge in [0.1, 0.15) is 10.2 Å². The summed E-state index contributed by atoms with van der Waals surface area (Å²) in [6, 6.07) is 8.08. The highest BCUT2D eigenvalue weighted by Gasteiger charge is 2.52. The number of imidazole rings is 1. The number of alkyl halides is 2. The van der Waals surface area contributed by atoms with E-state index >= 15 is 0 Å². The van der Waals surface area contributed by atoms with Crippen LogP contribution in [0.2, 0.25) is 0 Å². The number of fused-ring (bicyclic) bond motifs is 1. The van der Waals surface area contributed by atoms with E-state index in [4.69, 9.17) is 28.2 Å². The quantitative estimate of drug-likeness (QED) is 0.807. The van der Waals surface area contributed by atoms with Crippen molar-refractivity contribution >= 4 is 40.1 Å². The zero-order chi connectivity index (χ0) is 15.5. The molecule has 1 amide bonds. The highest BCUT2D eigenvalue weighted by atomic mass is 35.5. The molecule has 1 aromatic heterocycles. The molecule has 2 heterocycles. The molecule has 0 radical (unpaired) electrons. The second-order valence-corrected chi connectivity index (χ2v) is 7.95. The molecule has 1 saturated carbocycles. The van der Waals surface area contributed by atoms with Gasteiger partial charge in [-0.15, -0.1) is 23.2 Å². The number of likely N-dealkylation sites (tertiary alicyclic amines) is 1. The third-order valence-electron chi connectivity index (χ3n) is 4.75. The lowest BCUT2D eigenvalue weighted by atomic mass is 10.1. The van der Waals surface area contributed by atoms with E-state index in [0.29, 0.717) is 6.42 Å². The minimum atomic E-state index is -0.606. The Labute approximate surface area is 139 Å². The Bertz CT molecular complexity index is 755. The Morgan fingerprint density at radius 2 is 2.09 bits per heavy atom. The summed E-state index contributed by atoms with van der Waals surface area (Å²) in [7, 11) is 1.85. The van der Waals surface area contributed by atoms with Gasteiger partial charge in [0.25, 0.3) is 0 Å². The van der Waals surface area contributed by atoms with Gasteiger partial charge in [-0.2, -0.15) is 0 Å². The summed E-state index contributed by atoms with van der Waals surface area (Å²) in [5.74, 6) is 1.56. The first-order chi connectivity index (χ1) is 10.5. The van der Waals surface area contributed by atoms with Crippen molar-refractivity contribution in [1.82, 2.24) is 14.5 Å². The Hall–Kier alpha value is -1.26. The van der Waals surface area contributed by atoms with Crippen molar-refractivity contribution < 1.29 is 4.79 Å². The van der Waals surface area contributed by atoms with Crippen LogP contribution < -0.4 is 0 Å². The molecule has 6 heteroatoms. The van der Waals surface area contributed by atoms with Gasteiger partial charge < -0.3 is 9.47 Å². The van der Waals surface area contributed by atoms with Crippen molar-refractivity contribution in [3.8, 4) is 0 Å². The van der Waals surface area contributed by atoms with Gasteiger partial charge >= 0.3 is 0 Å².